The summed E-state index contributed by atoms with van der Waals surface area (Å²) in [5.41, 5.74) is -0.0152. The van der Waals surface area contributed by atoms with Crippen molar-refractivity contribution in [1.82, 2.24) is 24.0 Å². The van der Waals surface area contributed by atoms with Gasteiger partial charge in [-0.3, -0.25) is 18.7 Å². The molecule has 0 aliphatic rings. The first kappa shape index (κ1) is 18.0. The zero-order chi connectivity index (χ0) is 17.9. The van der Waals surface area contributed by atoms with Crippen LogP contribution in [0.3, 0.4) is 0 Å². The van der Waals surface area contributed by atoms with Gasteiger partial charge in [0.2, 0.25) is 5.91 Å². The molecule has 2 rings (SSSR count). The summed E-state index contributed by atoms with van der Waals surface area (Å²) in [5, 5.41) is 2.89. The normalized spacial score (nSPS) is 11.4. The summed E-state index contributed by atoms with van der Waals surface area (Å²) in [7, 11) is 3.03. The summed E-state index contributed by atoms with van der Waals surface area (Å²) in [5.74, 6) is 0.575. The molecule has 2 heterocycles. The van der Waals surface area contributed by atoms with Crippen LogP contribution in [0.4, 0.5) is 0 Å². The van der Waals surface area contributed by atoms with Crippen LogP contribution in [0, 0.1) is 5.92 Å². The second kappa shape index (κ2) is 7.46. The molecule has 1 N–H and O–H groups in total. The Morgan fingerprint density at radius 2 is 1.96 bits per heavy atom. The fourth-order valence-corrected chi connectivity index (χ4v) is 2.57. The predicted octanol–water partition coefficient (Wildman–Crippen LogP) is 0.376. The van der Waals surface area contributed by atoms with Gasteiger partial charge in [0.05, 0.1) is 6.33 Å². The average Bonchev–Trinajstić information content (AvgIpc) is 2.94. The van der Waals surface area contributed by atoms with Crippen LogP contribution in [0.1, 0.15) is 33.1 Å². The van der Waals surface area contributed by atoms with Crippen molar-refractivity contribution in [3.8, 4) is 0 Å². The van der Waals surface area contributed by atoms with E-state index in [1.54, 1.807) is 17.9 Å². The lowest BCUT2D eigenvalue weighted by Crippen LogP contribution is -2.37. The summed E-state index contributed by atoms with van der Waals surface area (Å²) in [4.78, 5) is 40.1. The van der Waals surface area contributed by atoms with Gasteiger partial charge in [0.15, 0.2) is 11.2 Å². The third kappa shape index (κ3) is 3.74. The molecule has 0 atom stereocenters. The van der Waals surface area contributed by atoms with Crippen LogP contribution < -0.4 is 16.6 Å². The summed E-state index contributed by atoms with van der Waals surface area (Å²) in [6.45, 7) is 5.42. The van der Waals surface area contributed by atoms with Crippen molar-refractivity contribution in [2.45, 2.75) is 39.7 Å². The molecule has 132 valence electrons. The zero-order valence-electron chi connectivity index (χ0n) is 14.7. The number of imidazole rings is 1. The van der Waals surface area contributed by atoms with Gasteiger partial charge < -0.3 is 9.88 Å². The number of amides is 1. The molecule has 0 fully saturated rings. The molecule has 0 aliphatic carbocycles. The van der Waals surface area contributed by atoms with Crippen LogP contribution in [-0.2, 0) is 25.4 Å². The highest BCUT2D eigenvalue weighted by molar-refractivity contribution is 5.75. The van der Waals surface area contributed by atoms with Crippen LogP contribution in [0.25, 0.3) is 11.2 Å². The van der Waals surface area contributed by atoms with Crippen molar-refractivity contribution in [3.05, 3.63) is 27.2 Å². The Kier molecular flexibility index (Phi) is 5.58. The quantitative estimate of drug-likeness (QED) is 0.792. The van der Waals surface area contributed by atoms with E-state index in [9.17, 15) is 14.4 Å². The second-order valence-corrected chi connectivity index (χ2v) is 6.45. The number of nitrogens with one attached hydrogen (secondary N) is 1. The molecule has 0 aliphatic heterocycles. The lowest BCUT2D eigenvalue weighted by atomic mass is 10.1. The van der Waals surface area contributed by atoms with Crippen LogP contribution in [-0.4, -0.2) is 31.1 Å². The minimum atomic E-state index is -0.401. The van der Waals surface area contributed by atoms with Crippen LogP contribution in [0.5, 0.6) is 0 Å². The van der Waals surface area contributed by atoms with E-state index in [0.717, 1.165) is 11.0 Å². The summed E-state index contributed by atoms with van der Waals surface area (Å²) >= 11 is 0. The van der Waals surface area contributed by atoms with Gasteiger partial charge in [-0.25, -0.2) is 9.78 Å². The summed E-state index contributed by atoms with van der Waals surface area (Å²) < 4.78 is 4.13. The maximum atomic E-state index is 12.3. The van der Waals surface area contributed by atoms with Gasteiger partial charge in [-0.15, -0.1) is 0 Å². The Morgan fingerprint density at radius 1 is 1.25 bits per heavy atom. The van der Waals surface area contributed by atoms with Crippen LogP contribution >= 0.6 is 0 Å². The number of hydrogen-bond acceptors (Lipinski definition) is 4. The number of aryl methyl sites for hydroxylation is 2. The first-order valence-electron chi connectivity index (χ1n) is 8.20. The first-order valence-corrected chi connectivity index (χ1v) is 8.20. The second-order valence-electron chi connectivity index (χ2n) is 6.45. The van der Waals surface area contributed by atoms with Gasteiger partial charge in [0.25, 0.3) is 5.56 Å². The molecule has 0 radical (unpaired) electrons. The first-order chi connectivity index (χ1) is 11.3. The topological polar surface area (TPSA) is 90.9 Å². The Balaban J connectivity index is 2.03. The third-order valence-electron chi connectivity index (χ3n) is 4.06. The van der Waals surface area contributed by atoms with E-state index in [1.165, 1.54) is 11.6 Å². The molecule has 0 unspecified atom stereocenters. The molecule has 24 heavy (non-hydrogen) atoms. The molecule has 8 heteroatoms. The van der Waals surface area contributed by atoms with E-state index >= 15 is 0 Å². The highest BCUT2D eigenvalue weighted by Crippen LogP contribution is 2.07. The largest absolute Gasteiger partial charge is 0.356 e. The Hall–Kier alpha value is -2.38. The maximum absolute atomic E-state index is 12.3. The van der Waals surface area contributed by atoms with E-state index in [-0.39, 0.29) is 11.5 Å². The molecule has 0 bridgehead atoms. The molecule has 2 aromatic rings. The average molecular weight is 335 g/mol. The summed E-state index contributed by atoms with van der Waals surface area (Å²) in [6.07, 6.45) is 3.50. The fourth-order valence-electron chi connectivity index (χ4n) is 2.57. The molecular weight excluding hydrogens is 310 g/mol. The number of aromatic nitrogens is 4. The predicted molar refractivity (Wildman–Crippen MR) is 91.9 cm³/mol. The number of carbonyl (C=O) groups is 1. The molecule has 2 aromatic heterocycles. The van der Waals surface area contributed by atoms with Crippen LogP contribution in [0.15, 0.2) is 15.9 Å². The fraction of sp³-hybridized carbons (Fsp3) is 0.625. The third-order valence-corrected chi connectivity index (χ3v) is 4.06. The zero-order valence-corrected chi connectivity index (χ0v) is 14.7. The van der Waals surface area contributed by atoms with Gasteiger partial charge in [0.1, 0.15) is 0 Å². The molecule has 1 amide bonds. The Labute approximate surface area is 140 Å². The Morgan fingerprint density at radius 3 is 2.62 bits per heavy atom. The minimum absolute atomic E-state index is 0.0142. The van der Waals surface area contributed by atoms with E-state index in [4.69, 9.17) is 0 Å². The van der Waals surface area contributed by atoms with Gasteiger partial charge in [-0.1, -0.05) is 13.8 Å². The van der Waals surface area contributed by atoms with Crippen molar-refractivity contribution >= 4 is 17.1 Å². The van der Waals surface area contributed by atoms with Gasteiger partial charge in [-0.2, -0.15) is 0 Å². The lowest BCUT2D eigenvalue weighted by Gasteiger charge is -2.08. The number of carbonyl (C=O) groups excluding carboxylic acids is 1. The van der Waals surface area contributed by atoms with Gasteiger partial charge in [-0.05, 0) is 18.8 Å². The van der Waals surface area contributed by atoms with Crippen molar-refractivity contribution in [2.24, 2.45) is 20.0 Å². The van der Waals surface area contributed by atoms with Crippen molar-refractivity contribution < 1.29 is 4.79 Å². The van der Waals surface area contributed by atoms with E-state index < -0.39 is 5.69 Å². The monoisotopic (exact) mass is 335 g/mol. The molecule has 0 aromatic carbocycles. The van der Waals surface area contributed by atoms with Crippen molar-refractivity contribution in [3.63, 3.8) is 0 Å². The van der Waals surface area contributed by atoms with Gasteiger partial charge >= 0.3 is 5.69 Å². The van der Waals surface area contributed by atoms with Crippen LogP contribution in [0.2, 0.25) is 0 Å². The van der Waals surface area contributed by atoms with E-state index in [0.29, 0.717) is 43.0 Å². The summed E-state index contributed by atoms with van der Waals surface area (Å²) in [6, 6.07) is 0. The molecule has 0 saturated carbocycles. The minimum Gasteiger partial charge on any atom is -0.356 e. The standard InChI is InChI=1S/C16H25N5O3/c1-11(2)7-8-17-12(22)6-5-9-21-10-18-14-13(21)15(23)20(4)16(24)19(14)3/h10-11H,5-9H2,1-4H3,(H,17,22). The highest BCUT2D eigenvalue weighted by atomic mass is 16.2. The highest BCUT2D eigenvalue weighted by Gasteiger charge is 2.14. The Bertz CT molecular complexity index is 844. The van der Waals surface area contributed by atoms with E-state index in [2.05, 4.69) is 24.1 Å². The molecule has 0 saturated heterocycles. The van der Waals surface area contributed by atoms with Crippen molar-refractivity contribution in [2.75, 3.05) is 6.54 Å². The SMILES string of the molecule is CC(C)CCNC(=O)CCCn1cnc2c1c(=O)n(C)c(=O)n2C. The number of hydrogen-bond donors (Lipinski definition) is 1. The molecule has 8 nitrogen and oxygen atoms in total. The van der Waals surface area contributed by atoms with Crippen molar-refractivity contribution in [1.29, 1.82) is 0 Å². The van der Waals surface area contributed by atoms with Gasteiger partial charge in [0, 0.05) is 33.6 Å². The molecule has 0 spiro atoms. The number of fused-ring (bicyclic) bond motifs is 1. The number of nitrogens with zero attached hydrogens (tertiary/aromatic N) is 4. The lowest BCUT2D eigenvalue weighted by molar-refractivity contribution is -0.121. The smallest absolute Gasteiger partial charge is 0.332 e. The molecular formula is C16H25N5O3. The van der Waals surface area contributed by atoms with E-state index in [1.807, 2.05) is 0 Å². The maximum Gasteiger partial charge on any atom is 0.332 e. The number of rotatable bonds is 7.